The Hall–Kier alpha value is -2.29. The van der Waals surface area contributed by atoms with Crippen LogP contribution in [0.15, 0.2) is 16.9 Å². The third-order valence-electron chi connectivity index (χ3n) is 6.49. The Morgan fingerprint density at radius 2 is 1.72 bits per heavy atom. The van der Waals surface area contributed by atoms with Crippen LogP contribution in [0.5, 0.6) is 0 Å². The Morgan fingerprint density at radius 1 is 1.10 bits per heavy atom. The van der Waals surface area contributed by atoms with Crippen LogP contribution in [0.1, 0.15) is 54.9 Å². The fraction of sp³-hybridized carbons (Fsp3) is 0.600. The van der Waals surface area contributed by atoms with E-state index < -0.39 is 17.6 Å². The number of hydrogen-bond donors (Lipinski definition) is 1. The molecule has 0 spiro atoms. The number of nitrogens with two attached hydrogens (primary N) is 1. The Balaban J connectivity index is 1.57. The van der Waals surface area contributed by atoms with Crippen molar-refractivity contribution in [1.82, 2.24) is 14.3 Å². The van der Waals surface area contributed by atoms with E-state index in [1.165, 1.54) is 6.07 Å². The molecule has 0 unspecified atom stereocenters. The number of hydrogen-bond acceptors (Lipinski definition) is 3. The molecule has 6 nitrogen and oxygen atoms in total. The van der Waals surface area contributed by atoms with Crippen molar-refractivity contribution in [2.75, 3.05) is 13.1 Å². The number of nitrogens with zero attached hydrogens (tertiary/aromatic N) is 3. The SMILES string of the molecule is Cn1c2cc(F)cc(C(N)=O)c2c(=O)n1C1CCN(C2CCC(F)(F)CC2)CC1. The van der Waals surface area contributed by atoms with Gasteiger partial charge in [-0.2, -0.15) is 0 Å². The number of alkyl halides is 2. The molecule has 9 heteroatoms. The van der Waals surface area contributed by atoms with Gasteiger partial charge in [-0.3, -0.25) is 14.3 Å². The van der Waals surface area contributed by atoms with Crippen LogP contribution in [0.3, 0.4) is 0 Å². The van der Waals surface area contributed by atoms with Crippen molar-refractivity contribution in [2.24, 2.45) is 12.8 Å². The monoisotopic (exact) mass is 410 g/mol. The molecular formula is C20H25F3N4O2. The molecule has 1 aromatic carbocycles. The Labute approximate surface area is 166 Å². The van der Waals surface area contributed by atoms with Gasteiger partial charge in [0.05, 0.1) is 22.5 Å². The zero-order valence-electron chi connectivity index (χ0n) is 16.3. The summed E-state index contributed by atoms with van der Waals surface area (Å²) in [6.45, 7) is 1.43. The highest BCUT2D eigenvalue weighted by atomic mass is 19.3. The molecule has 2 N–H and O–H groups in total. The molecule has 158 valence electrons. The maximum atomic E-state index is 13.9. The molecule has 2 heterocycles. The molecule has 1 aliphatic heterocycles. The van der Waals surface area contributed by atoms with Crippen LogP contribution in [0.25, 0.3) is 10.9 Å². The second-order valence-electron chi connectivity index (χ2n) is 8.24. The predicted octanol–water partition coefficient (Wildman–Crippen LogP) is 2.79. The van der Waals surface area contributed by atoms with E-state index in [-0.39, 0.29) is 41.4 Å². The zero-order chi connectivity index (χ0) is 20.9. The predicted molar refractivity (Wildman–Crippen MR) is 103 cm³/mol. The van der Waals surface area contributed by atoms with E-state index in [0.29, 0.717) is 44.3 Å². The van der Waals surface area contributed by atoms with E-state index in [1.54, 1.807) is 16.4 Å². The van der Waals surface area contributed by atoms with Gasteiger partial charge in [0.2, 0.25) is 11.8 Å². The highest BCUT2D eigenvalue weighted by Gasteiger charge is 2.38. The summed E-state index contributed by atoms with van der Waals surface area (Å²) >= 11 is 0. The number of benzene rings is 1. The smallest absolute Gasteiger partial charge is 0.275 e. The van der Waals surface area contributed by atoms with Gasteiger partial charge in [0, 0.05) is 39.0 Å². The number of primary amides is 1. The average molecular weight is 410 g/mol. The van der Waals surface area contributed by atoms with Crippen molar-refractivity contribution in [2.45, 2.75) is 56.5 Å². The molecule has 0 bridgehead atoms. The lowest BCUT2D eigenvalue weighted by atomic mass is 9.89. The number of aromatic nitrogens is 2. The quantitative estimate of drug-likeness (QED) is 0.846. The molecule has 0 atom stereocenters. The Bertz CT molecular complexity index is 995. The minimum atomic E-state index is -2.54. The number of halogens is 3. The largest absolute Gasteiger partial charge is 0.366 e. The van der Waals surface area contributed by atoms with Gasteiger partial charge < -0.3 is 10.6 Å². The molecule has 1 aromatic heterocycles. The van der Waals surface area contributed by atoms with Gasteiger partial charge >= 0.3 is 0 Å². The second kappa shape index (κ2) is 7.19. The van der Waals surface area contributed by atoms with Crippen LogP contribution < -0.4 is 11.3 Å². The van der Waals surface area contributed by atoms with E-state index in [2.05, 4.69) is 4.90 Å². The van der Waals surface area contributed by atoms with Crippen molar-refractivity contribution in [3.8, 4) is 0 Å². The fourth-order valence-corrected chi connectivity index (χ4v) is 4.93. The lowest BCUT2D eigenvalue weighted by Gasteiger charge is -2.41. The van der Waals surface area contributed by atoms with Gasteiger partial charge in [0.15, 0.2) is 0 Å². The average Bonchev–Trinajstić information content (AvgIpc) is 2.92. The molecule has 1 aliphatic carbocycles. The Kier molecular flexibility index (Phi) is 4.96. The third-order valence-corrected chi connectivity index (χ3v) is 6.49. The van der Waals surface area contributed by atoms with E-state index in [1.807, 2.05) is 0 Å². The van der Waals surface area contributed by atoms with Gasteiger partial charge in [-0.1, -0.05) is 0 Å². The standard InChI is InChI=1S/C20H25F3N4O2/c1-25-16-11-12(21)10-15(18(24)28)17(16)19(29)27(25)14-4-8-26(9-5-14)13-2-6-20(22,23)7-3-13/h10-11,13-14H,2-9H2,1H3,(H2,24,28). The molecule has 1 amide bonds. The minimum Gasteiger partial charge on any atom is -0.366 e. The molecule has 2 aromatic rings. The first-order valence-corrected chi connectivity index (χ1v) is 10.0. The van der Waals surface area contributed by atoms with E-state index in [0.717, 1.165) is 6.07 Å². The third kappa shape index (κ3) is 3.56. The first kappa shape index (κ1) is 20.0. The first-order chi connectivity index (χ1) is 13.7. The number of rotatable bonds is 3. The molecule has 29 heavy (non-hydrogen) atoms. The second-order valence-corrected chi connectivity index (χ2v) is 8.24. The summed E-state index contributed by atoms with van der Waals surface area (Å²) in [4.78, 5) is 27.0. The van der Waals surface area contributed by atoms with Crippen LogP contribution in [0, 0.1) is 5.82 Å². The van der Waals surface area contributed by atoms with Gasteiger partial charge in [-0.25, -0.2) is 17.9 Å². The minimum absolute atomic E-state index is 0.0677. The molecular weight excluding hydrogens is 385 g/mol. The summed E-state index contributed by atoms with van der Waals surface area (Å²) in [7, 11) is 1.67. The number of amides is 1. The lowest BCUT2D eigenvalue weighted by molar-refractivity contribution is -0.0567. The number of piperidine rings is 1. The van der Waals surface area contributed by atoms with Crippen LogP contribution >= 0.6 is 0 Å². The molecule has 4 rings (SSSR count). The number of aryl methyl sites for hydroxylation is 1. The van der Waals surface area contributed by atoms with E-state index in [4.69, 9.17) is 5.73 Å². The summed E-state index contributed by atoms with van der Waals surface area (Å²) in [6.07, 6.45) is 2.22. The fourth-order valence-electron chi connectivity index (χ4n) is 4.93. The van der Waals surface area contributed by atoms with E-state index >= 15 is 0 Å². The zero-order valence-corrected chi connectivity index (χ0v) is 16.3. The van der Waals surface area contributed by atoms with Crippen molar-refractivity contribution in [1.29, 1.82) is 0 Å². The number of carbonyl (C=O) groups is 1. The summed E-state index contributed by atoms with van der Waals surface area (Å²) < 4.78 is 43.9. The van der Waals surface area contributed by atoms with Gasteiger partial charge in [-0.15, -0.1) is 0 Å². The first-order valence-electron chi connectivity index (χ1n) is 10.0. The van der Waals surface area contributed by atoms with Crippen molar-refractivity contribution < 1.29 is 18.0 Å². The maximum Gasteiger partial charge on any atom is 0.275 e. The topological polar surface area (TPSA) is 73.3 Å². The van der Waals surface area contributed by atoms with Crippen LogP contribution in [0.4, 0.5) is 13.2 Å². The van der Waals surface area contributed by atoms with Crippen LogP contribution in [0.2, 0.25) is 0 Å². The van der Waals surface area contributed by atoms with Gasteiger partial charge in [0.25, 0.3) is 5.56 Å². The molecule has 1 saturated heterocycles. The number of carbonyl (C=O) groups excluding carboxylic acids is 1. The van der Waals surface area contributed by atoms with Crippen molar-refractivity contribution >= 4 is 16.8 Å². The summed E-state index contributed by atoms with van der Waals surface area (Å²) in [5.41, 5.74) is 5.22. The lowest BCUT2D eigenvalue weighted by Crippen LogP contribution is -2.46. The number of likely N-dealkylation sites (tertiary alicyclic amines) is 1. The highest BCUT2D eigenvalue weighted by molar-refractivity contribution is 6.05. The molecule has 2 aliphatic rings. The van der Waals surface area contributed by atoms with Gasteiger partial charge in [0.1, 0.15) is 5.82 Å². The summed E-state index contributed by atoms with van der Waals surface area (Å²) in [5.74, 6) is -4.00. The van der Waals surface area contributed by atoms with Crippen molar-refractivity contribution in [3.63, 3.8) is 0 Å². The van der Waals surface area contributed by atoms with E-state index in [9.17, 15) is 22.8 Å². The molecule has 0 radical (unpaired) electrons. The normalized spacial score (nSPS) is 21.7. The Morgan fingerprint density at radius 3 is 2.31 bits per heavy atom. The maximum absolute atomic E-state index is 13.9. The van der Waals surface area contributed by atoms with Crippen LogP contribution in [-0.4, -0.2) is 45.2 Å². The van der Waals surface area contributed by atoms with Gasteiger partial charge in [-0.05, 0) is 37.8 Å². The summed E-state index contributed by atoms with van der Waals surface area (Å²) in [6, 6.07) is 2.29. The summed E-state index contributed by atoms with van der Waals surface area (Å²) in [5, 5.41) is 0.137. The number of fused-ring (bicyclic) bond motifs is 1. The molecule has 1 saturated carbocycles. The molecule has 2 fully saturated rings. The van der Waals surface area contributed by atoms with Crippen LogP contribution in [-0.2, 0) is 7.05 Å². The van der Waals surface area contributed by atoms with Crippen molar-refractivity contribution in [3.05, 3.63) is 33.9 Å². The highest BCUT2D eigenvalue weighted by Crippen LogP contribution is 2.36.